The topological polar surface area (TPSA) is 123 Å². The van der Waals surface area contributed by atoms with E-state index < -0.39 is 0 Å². The van der Waals surface area contributed by atoms with Crippen molar-refractivity contribution in [2.24, 2.45) is 0 Å². The number of aromatic nitrogens is 12. The van der Waals surface area contributed by atoms with Gasteiger partial charge in [0.05, 0.1) is 22.7 Å². The molecule has 0 spiro atoms. The van der Waals surface area contributed by atoms with Crippen LogP contribution in [0.5, 0.6) is 0 Å². The van der Waals surface area contributed by atoms with Gasteiger partial charge in [-0.3, -0.25) is 18.3 Å². The molecule has 0 saturated carbocycles. The molecule has 12 heteroatoms. The number of imidazole rings is 4. The molecule has 8 aromatic heterocycles. The van der Waals surface area contributed by atoms with Crippen molar-refractivity contribution in [3.63, 3.8) is 0 Å². The molecule has 17 rings (SSSR count). The summed E-state index contributed by atoms with van der Waals surface area (Å²) in [7, 11) is 0. The van der Waals surface area contributed by atoms with E-state index in [1.54, 1.807) is 0 Å². The Morgan fingerprint density at radius 1 is 0.200 bits per heavy atom. The van der Waals surface area contributed by atoms with Crippen molar-refractivity contribution in [2.45, 2.75) is 69.2 Å². The fourth-order valence-electron chi connectivity index (χ4n) is 15.5. The van der Waals surface area contributed by atoms with Gasteiger partial charge < -0.3 is 0 Å². The standard InChI is InChI=1S/C88H70N12/c1-51-27-11-15-43-73(51)97-81(93-69-39-23-47-89-85(69)97)65-35-19-31-61(55(65)5)77-59(9)79(63-33-21-37-67(57(63)7)83-95-71-41-25-49-91-87(71)99(83)75-45-17-13-29-53(75)3)80(64-34-22-38-68(58(64)8)84-96-72-42-26-50-92-88(72)100(84)76-46-18-14-30-54(76)4)60(10)78(77)62-32-20-36-66(56(62)6)82-94-70-40-24-48-90-86(70)98(82)74-44-16-12-28-52(74)2/h11-50H,1-10H3. The first-order valence-corrected chi connectivity index (χ1v) is 34.0. The third kappa shape index (κ3) is 9.64. The van der Waals surface area contributed by atoms with Gasteiger partial charge in [0, 0.05) is 47.0 Å². The van der Waals surface area contributed by atoms with Crippen molar-refractivity contribution in [1.82, 2.24) is 58.1 Å². The zero-order valence-corrected chi connectivity index (χ0v) is 57.5. The molecule has 0 radical (unpaired) electrons. The van der Waals surface area contributed by atoms with Crippen LogP contribution in [-0.2, 0) is 0 Å². The first-order valence-electron chi connectivity index (χ1n) is 34.0. The van der Waals surface area contributed by atoms with Crippen molar-refractivity contribution in [2.75, 3.05) is 0 Å². The van der Waals surface area contributed by atoms with Gasteiger partial charge >= 0.3 is 0 Å². The molecule has 0 aliphatic heterocycles. The molecule has 0 N–H and O–H groups in total. The Labute approximate surface area is 580 Å². The maximum atomic E-state index is 5.50. The number of pyridine rings is 4. The number of para-hydroxylation sites is 4. The molecular weight excluding hydrogens is 1230 g/mol. The summed E-state index contributed by atoms with van der Waals surface area (Å²) in [4.78, 5) is 42.1. The lowest BCUT2D eigenvalue weighted by Crippen LogP contribution is -2.07. The fraction of sp³-hybridized carbons (Fsp3) is 0.114. The zero-order chi connectivity index (χ0) is 68.2. The average Bonchev–Trinajstić information content (AvgIpc) is 0.895. The normalized spacial score (nSPS) is 11.7. The molecule has 0 amide bonds. The summed E-state index contributed by atoms with van der Waals surface area (Å²) in [5.74, 6) is 3.24. The van der Waals surface area contributed by atoms with Gasteiger partial charge in [0.15, 0.2) is 22.6 Å². The molecule has 100 heavy (non-hydrogen) atoms. The molecule has 0 fully saturated rings. The highest BCUT2D eigenvalue weighted by Crippen LogP contribution is 2.54. The van der Waals surface area contributed by atoms with E-state index >= 15 is 0 Å². The second kappa shape index (κ2) is 24.2. The Morgan fingerprint density at radius 3 is 0.630 bits per heavy atom. The minimum absolute atomic E-state index is 0.792. The summed E-state index contributed by atoms with van der Waals surface area (Å²) in [6.45, 7) is 22.4. The summed E-state index contributed by atoms with van der Waals surface area (Å²) in [6, 6.07) is 77.1. The largest absolute Gasteiger partial charge is 0.276 e. The van der Waals surface area contributed by atoms with Crippen molar-refractivity contribution in [3.05, 3.63) is 299 Å². The van der Waals surface area contributed by atoms with Crippen LogP contribution in [0.2, 0.25) is 0 Å². The molecule has 0 atom stereocenters. The van der Waals surface area contributed by atoms with Gasteiger partial charge in [-0.15, -0.1) is 0 Å². The van der Waals surface area contributed by atoms with Crippen LogP contribution in [-0.4, -0.2) is 58.1 Å². The molecule has 9 aromatic carbocycles. The number of rotatable bonds is 12. The van der Waals surface area contributed by atoms with Crippen LogP contribution in [0.25, 0.3) is 157 Å². The quantitative estimate of drug-likeness (QED) is 0.119. The first-order chi connectivity index (χ1) is 48.8. The Kier molecular flexibility index (Phi) is 14.8. The van der Waals surface area contributed by atoms with Crippen LogP contribution in [0, 0.1) is 69.2 Å². The highest BCUT2D eigenvalue weighted by Gasteiger charge is 2.32. The van der Waals surface area contributed by atoms with E-state index in [1.807, 2.05) is 49.1 Å². The summed E-state index contributed by atoms with van der Waals surface area (Å²) < 4.78 is 8.95. The summed E-state index contributed by atoms with van der Waals surface area (Å²) >= 11 is 0. The molecule has 0 aliphatic rings. The van der Waals surface area contributed by atoms with Gasteiger partial charge in [0.25, 0.3) is 0 Å². The van der Waals surface area contributed by atoms with Gasteiger partial charge in [-0.25, -0.2) is 39.9 Å². The predicted molar refractivity (Wildman–Crippen MR) is 407 cm³/mol. The molecule has 482 valence electrons. The molecule has 0 saturated heterocycles. The van der Waals surface area contributed by atoms with Crippen molar-refractivity contribution in [3.8, 4) is 113 Å². The molecule has 12 nitrogen and oxygen atoms in total. The van der Waals surface area contributed by atoms with E-state index in [2.05, 4.69) is 282 Å². The second-order valence-electron chi connectivity index (χ2n) is 26.3. The van der Waals surface area contributed by atoms with Crippen LogP contribution in [0.3, 0.4) is 0 Å². The minimum Gasteiger partial charge on any atom is -0.276 e. The molecule has 17 aromatic rings. The summed E-state index contributed by atoms with van der Waals surface area (Å²) in [6.07, 6.45) is 7.44. The van der Waals surface area contributed by atoms with Gasteiger partial charge in [-0.1, -0.05) is 146 Å². The van der Waals surface area contributed by atoms with Crippen LogP contribution >= 0.6 is 0 Å². The van der Waals surface area contributed by atoms with E-state index in [0.29, 0.717) is 0 Å². The molecule has 0 unspecified atom stereocenters. The van der Waals surface area contributed by atoms with Gasteiger partial charge in [0.2, 0.25) is 0 Å². The Bertz CT molecular complexity index is 5450. The Balaban J connectivity index is 1.01. The number of hydrogen-bond acceptors (Lipinski definition) is 8. The zero-order valence-electron chi connectivity index (χ0n) is 57.5. The van der Waals surface area contributed by atoms with E-state index in [-0.39, 0.29) is 0 Å². The lowest BCUT2D eigenvalue weighted by Gasteiger charge is -2.29. The van der Waals surface area contributed by atoms with Crippen molar-refractivity contribution in [1.29, 1.82) is 0 Å². The number of hydrogen-bond donors (Lipinski definition) is 0. The van der Waals surface area contributed by atoms with E-state index in [0.717, 1.165) is 213 Å². The van der Waals surface area contributed by atoms with Crippen LogP contribution in [0.15, 0.2) is 243 Å². The van der Waals surface area contributed by atoms with Crippen LogP contribution < -0.4 is 0 Å². The molecule has 8 heterocycles. The first kappa shape index (κ1) is 61.1. The Morgan fingerprint density at radius 2 is 0.410 bits per heavy atom. The fourth-order valence-corrected chi connectivity index (χ4v) is 15.5. The lowest BCUT2D eigenvalue weighted by molar-refractivity contribution is 1.06. The molecule has 0 aliphatic carbocycles. The third-order valence-corrected chi connectivity index (χ3v) is 20.5. The number of benzene rings is 9. The minimum atomic E-state index is 0.792. The number of aryl methyl sites for hydroxylation is 4. The number of fused-ring (bicyclic) bond motifs is 4. The highest BCUT2D eigenvalue weighted by atomic mass is 15.2. The van der Waals surface area contributed by atoms with Crippen molar-refractivity contribution >= 4 is 44.7 Å². The lowest BCUT2D eigenvalue weighted by atomic mass is 9.75. The van der Waals surface area contributed by atoms with Gasteiger partial charge in [-0.05, 0) is 242 Å². The molecule has 0 bridgehead atoms. The molecular formula is C88H70N12. The monoisotopic (exact) mass is 1290 g/mol. The van der Waals surface area contributed by atoms with E-state index in [9.17, 15) is 0 Å². The average molecular weight is 1300 g/mol. The van der Waals surface area contributed by atoms with Gasteiger partial charge in [0.1, 0.15) is 45.4 Å². The smallest absolute Gasteiger partial charge is 0.164 e. The van der Waals surface area contributed by atoms with Gasteiger partial charge in [-0.2, -0.15) is 0 Å². The third-order valence-electron chi connectivity index (χ3n) is 20.5. The summed E-state index contributed by atoms with van der Waals surface area (Å²) in [5.41, 5.74) is 34.1. The van der Waals surface area contributed by atoms with E-state index in [4.69, 9.17) is 39.9 Å². The highest BCUT2D eigenvalue weighted by molar-refractivity contribution is 6.05. The Hall–Kier alpha value is -12.5. The maximum absolute atomic E-state index is 5.50. The number of nitrogens with zero attached hydrogens (tertiary/aromatic N) is 12. The SMILES string of the molecule is Cc1ccccc1-n1c(-c2cccc(-c3c(C)c(-c4cccc(-c5nc6cccnc6n5-c5ccccc5C)c4C)c(-c4cccc(-c5nc6cccnc6n5-c5ccccc5C)c4C)c(C)c3-c3cccc(-c4nc5cccnc5n4-c4ccccc4C)c3C)c2C)nc2cccnc21. The van der Waals surface area contributed by atoms with E-state index in [1.165, 1.54) is 0 Å². The second-order valence-corrected chi connectivity index (χ2v) is 26.3. The summed E-state index contributed by atoms with van der Waals surface area (Å²) in [5, 5.41) is 0. The van der Waals surface area contributed by atoms with Crippen LogP contribution in [0.1, 0.15) is 55.6 Å². The predicted octanol–water partition coefficient (Wildman–Crippen LogP) is 21.0. The maximum Gasteiger partial charge on any atom is 0.164 e. The van der Waals surface area contributed by atoms with Crippen molar-refractivity contribution < 1.29 is 0 Å². The van der Waals surface area contributed by atoms with Crippen LogP contribution in [0.4, 0.5) is 0 Å².